The number of benzene rings is 1. The van der Waals surface area contributed by atoms with Gasteiger partial charge >= 0.3 is 5.97 Å². The maximum Gasteiger partial charge on any atom is 0.337 e. The molecule has 0 atom stereocenters. The first-order valence-electron chi connectivity index (χ1n) is 6.86. The van der Waals surface area contributed by atoms with Crippen molar-refractivity contribution in [1.82, 2.24) is 5.32 Å². The Morgan fingerprint density at radius 2 is 1.83 bits per heavy atom. The van der Waals surface area contributed by atoms with Gasteiger partial charge in [-0.2, -0.15) is 0 Å². The number of amides is 2. The summed E-state index contributed by atoms with van der Waals surface area (Å²) < 4.78 is 9.65. The standard InChI is InChI=1S/C16H16N2O5/c1-22-16(21)11-4-6-12(7-5-11)18-15(20)9-14(19)17-10-13-3-2-8-23-13/h2-8H,9-10H2,1H3,(H,17,19)(H,18,20). The molecule has 0 aliphatic heterocycles. The predicted octanol–water partition coefficient (Wildman–Crippen LogP) is 1.71. The highest BCUT2D eigenvalue weighted by Crippen LogP contribution is 2.10. The van der Waals surface area contributed by atoms with Crippen molar-refractivity contribution in [2.75, 3.05) is 12.4 Å². The summed E-state index contributed by atoms with van der Waals surface area (Å²) in [5.41, 5.74) is 0.864. The Kier molecular flexibility index (Phi) is 5.51. The van der Waals surface area contributed by atoms with Crippen LogP contribution in [0.4, 0.5) is 5.69 Å². The van der Waals surface area contributed by atoms with Crippen molar-refractivity contribution in [2.45, 2.75) is 13.0 Å². The van der Waals surface area contributed by atoms with Crippen molar-refractivity contribution in [3.8, 4) is 0 Å². The largest absolute Gasteiger partial charge is 0.467 e. The van der Waals surface area contributed by atoms with Gasteiger partial charge in [0.2, 0.25) is 11.8 Å². The van der Waals surface area contributed by atoms with Crippen LogP contribution < -0.4 is 10.6 Å². The molecule has 0 bridgehead atoms. The predicted molar refractivity (Wildman–Crippen MR) is 81.6 cm³/mol. The van der Waals surface area contributed by atoms with Gasteiger partial charge in [0.15, 0.2) is 0 Å². The molecule has 23 heavy (non-hydrogen) atoms. The number of nitrogens with one attached hydrogen (secondary N) is 2. The van der Waals surface area contributed by atoms with Crippen LogP contribution in [-0.2, 0) is 20.9 Å². The average Bonchev–Trinajstić information content (AvgIpc) is 3.06. The van der Waals surface area contributed by atoms with Crippen LogP contribution in [0.2, 0.25) is 0 Å². The molecule has 0 spiro atoms. The van der Waals surface area contributed by atoms with Gasteiger partial charge in [-0.15, -0.1) is 0 Å². The first-order chi connectivity index (χ1) is 11.1. The van der Waals surface area contributed by atoms with Gasteiger partial charge in [-0.3, -0.25) is 9.59 Å². The number of esters is 1. The molecule has 0 unspecified atom stereocenters. The Hall–Kier alpha value is -3.09. The van der Waals surface area contributed by atoms with Gasteiger partial charge in [0.1, 0.15) is 12.2 Å². The number of carbonyl (C=O) groups excluding carboxylic acids is 3. The zero-order chi connectivity index (χ0) is 16.7. The second-order valence-electron chi connectivity index (χ2n) is 4.65. The summed E-state index contributed by atoms with van der Waals surface area (Å²) in [4.78, 5) is 34.7. The average molecular weight is 316 g/mol. The molecule has 7 heteroatoms. The molecule has 0 aliphatic carbocycles. The number of methoxy groups -OCH3 is 1. The lowest BCUT2D eigenvalue weighted by Crippen LogP contribution is -2.27. The molecule has 120 valence electrons. The zero-order valence-corrected chi connectivity index (χ0v) is 12.5. The van der Waals surface area contributed by atoms with Crippen LogP contribution in [0.3, 0.4) is 0 Å². The lowest BCUT2D eigenvalue weighted by molar-refractivity contribution is -0.127. The number of carbonyl (C=O) groups is 3. The molecule has 0 aliphatic rings. The van der Waals surface area contributed by atoms with Crippen molar-refractivity contribution in [3.63, 3.8) is 0 Å². The highest BCUT2D eigenvalue weighted by molar-refractivity contribution is 6.03. The monoisotopic (exact) mass is 316 g/mol. The molecule has 2 rings (SSSR count). The Bertz CT molecular complexity index is 677. The van der Waals surface area contributed by atoms with Crippen molar-refractivity contribution in [1.29, 1.82) is 0 Å². The Morgan fingerprint density at radius 1 is 1.09 bits per heavy atom. The molecule has 1 aromatic carbocycles. The Morgan fingerprint density at radius 3 is 2.43 bits per heavy atom. The second kappa shape index (κ2) is 7.79. The molecule has 0 radical (unpaired) electrons. The molecule has 0 saturated heterocycles. The van der Waals surface area contributed by atoms with E-state index in [4.69, 9.17) is 4.42 Å². The minimum absolute atomic E-state index is 0.229. The van der Waals surface area contributed by atoms with Crippen LogP contribution in [0.5, 0.6) is 0 Å². The van der Waals surface area contributed by atoms with E-state index in [0.717, 1.165) is 0 Å². The van der Waals surface area contributed by atoms with Crippen LogP contribution >= 0.6 is 0 Å². The Balaban J connectivity index is 1.79. The fraction of sp³-hybridized carbons (Fsp3) is 0.188. The molecule has 2 aromatic rings. The smallest absolute Gasteiger partial charge is 0.337 e. The van der Waals surface area contributed by atoms with Crippen LogP contribution in [0.1, 0.15) is 22.5 Å². The number of hydrogen-bond acceptors (Lipinski definition) is 5. The van der Waals surface area contributed by atoms with E-state index in [9.17, 15) is 14.4 Å². The second-order valence-corrected chi connectivity index (χ2v) is 4.65. The van der Waals surface area contributed by atoms with Gasteiger partial charge in [-0.1, -0.05) is 0 Å². The van der Waals surface area contributed by atoms with Crippen molar-refractivity contribution < 1.29 is 23.5 Å². The van der Waals surface area contributed by atoms with Crippen LogP contribution in [0.15, 0.2) is 47.1 Å². The van der Waals surface area contributed by atoms with Gasteiger partial charge < -0.3 is 19.8 Å². The molecule has 7 nitrogen and oxygen atoms in total. The maximum atomic E-state index is 11.8. The Labute approximate surface area is 132 Å². The third-order valence-corrected chi connectivity index (χ3v) is 2.95. The van der Waals surface area contributed by atoms with Crippen molar-refractivity contribution in [3.05, 3.63) is 54.0 Å². The summed E-state index contributed by atoms with van der Waals surface area (Å²) in [6.45, 7) is 0.229. The highest BCUT2D eigenvalue weighted by Gasteiger charge is 2.11. The van der Waals surface area contributed by atoms with E-state index in [-0.39, 0.29) is 13.0 Å². The molecule has 0 saturated carbocycles. The summed E-state index contributed by atoms with van der Waals surface area (Å²) in [6, 6.07) is 9.61. The summed E-state index contributed by atoms with van der Waals surface area (Å²) in [6.07, 6.45) is 1.20. The highest BCUT2D eigenvalue weighted by atomic mass is 16.5. The SMILES string of the molecule is COC(=O)c1ccc(NC(=O)CC(=O)NCc2ccco2)cc1. The van der Waals surface area contributed by atoms with E-state index in [1.165, 1.54) is 25.5 Å². The number of hydrogen-bond donors (Lipinski definition) is 2. The lowest BCUT2D eigenvalue weighted by Gasteiger charge is -2.06. The third kappa shape index (κ3) is 4.99. The first-order valence-corrected chi connectivity index (χ1v) is 6.86. The van der Waals surface area contributed by atoms with Crippen LogP contribution in [-0.4, -0.2) is 24.9 Å². The normalized spacial score (nSPS) is 9.96. The van der Waals surface area contributed by atoms with Gasteiger partial charge in [-0.25, -0.2) is 4.79 Å². The van der Waals surface area contributed by atoms with Crippen molar-refractivity contribution >= 4 is 23.5 Å². The van der Waals surface area contributed by atoms with Gasteiger partial charge in [-0.05, 0) is 36.4 Å². The molecule has 2 amide bonds. The maximum absolute atomic E-state index is 11.8. The number of anilines is 1. The van der Waals surface area contributed by atoms with Crippen LogP contribution in [0.25, 0.3) is 0 Å². The number of furan rings is 1. The molecular formula is C16H16N2O5. The van der Waals surface area contributed by atoms with E-state index < -0.39 is 17.8 Å². The topological polar surface area (TPSA) is 97.6 Å². The zero-order valence-electron chi connectivity index (χ0n) is 12.5. The van der Waals surface area contributed by atoms with E-state index in [0.29, 0.717) is 17.0 Å². The van der Waals surface area contributed by atoms with Gasteiger partial charge in [0.05, 0.1) is 25.5 Å². The fourth-order valence-electron chi connectivity index (χ4n) is 1.82. The molecule has 1 aromatic heterocycles. The quantitative estimate of drug-likeness (QED) is 0.624. The summed E-state index contributed by atoms with van der Waals surface area (Å²) in [5.74, 6) is -0.713. The van der Waals surface area contributed by atoms with Gasteiger partial charge in [0.25, 0.3) is 0 Å². The summed E-state index contributed by atoms with van der Waals surface area (Å²) >= 11 is 0. The molecular weight excluding hydrogens is 300 g/mol. The van der Waals surface area contributed by atoms with E-state index >= 15 is 0 Å². The van der Waals surface area contributed by atoms with E-state index in [1.807, 2.05) is 0 Å². The number of ether oxygens (including phenoxy) is 1. The lowest BCUT2D eigenvalue weighted by atomic mass is 10.2. The van der Waals surface area contributed by atoms with E-state index in [2.05, 4.69) is 15.4 Å². The van der Waals surface area contributed by atoms with E-state index in [1.54, 1.807) is 24.3 Å². The summed E-state index contributed by atoms with van der Waals surface area (Å²) in [5, 5.41) is 5.15. The number of rotatable bonds is 6. The van der Waals surface area contributed by atoms with Crippen LogP contribution in [0, 0.1) is 0 Å². The summed E-state index contributed by atoms with van der Waals surface area (Å²) in [7, 11) is 1.29. The third-order valence-electron chi connectivity index (χ3n) is 2.95. The minimum atomic E-state index is -0.458. The fourth-order valence-corrected chi connectivity index (χ4v) is 1.82. The first kappa shape index (κ1) is 16.3. The molecule has 0 fully saturated rings. The molecule has 2 N–H and O–H groups in total. The molecule has 1 heterocycles. The minimum Gasteiger partial charge on any atom is -0.467 e. The van der Waals surface area contributed by atoms with Gasteiger partial charge in [0, 0.05) is 5.69 Å². The van der Waals surface area contributed by atoms with Crippen molar-refractivity contribution in [2.24, 2.45) is 0 Å².